The lowest BCUT2D eigenvalue weighted by molar-refractivity contribution is 0.370. The number of aromatic nitrogens is 2. The summed E-state index contributed by atoms with van der Waals surface area (Å²) in [5.41, 5.74) is 1.77. The summed E-state index contributed by atoms with van der Waals surface area (Å²) in [5.74, 6) is 2.69. The molecule has 0 atom stereocenters. The minimum atomic E-state index is 0.626. The van der Waals surface area contributed by atoms with Crippen LogP contribution in [0.4, 0.5) is 10.9 Å². The smallest absolute Gasteiger partial charge is 0.188 e. The van der Waals surface area contributed by atoms with Crippen LogP contribution in [0.2, 0.25) is 0 Å². The van der Waals surface area contributed by atoms with Crippen LogP contribution in [0.3, 0.4) is 0 Å². The average molecular weight is 500 g/mol. The van der Waals surface area contributed by atoms with E-state index in [1.54, 1.807) is 23.1 Å². The summed E-state index contributed by atoms with van der Waals surface area (Å²) in [6.45, 7) is 2.19. The summed E-state index contributed by atoms with van der Waals surface area (Å²) in [4.78, 5) is 11.5. The zero-order valence-electron chi connectivity index (χ0n) is 19.1. The fraction of sp³-hybridized carbons (Fsp3) is 0.222. The number of para-hydroxylation sites is 1. The van der Waals surface area contributed by atoms with Gasteiger partial charge in [-0.15, -0.1) is 11.3 Å². The Morgan fingerprint density at radius 3 is 2.66 bits per heavy atom. The minimum Gasteiger partial charge on any atom is -0.453 e. The van der Waals surface area contributed by atoms with Crippen molar-refractivity contribution in [3.05, 3.63) is 83.5 Å². The number of hydrogen-bond acceptors (Lipinski definition) is 8. The van der Waals surface area contributed by atoms with Crippen molar-refractivity contribution >= 4 is 34.0 Å². The lowest BCUT2D eigenvalue weighted by Crippen LogP contribution is -2.28. The summed E-state index contributed by atoms with van der Waals surface area (Å²) in [5, 5.41) is 18.8. The third kappa shape index (κ3) is 6.40. The average Bonchev–Trinajstić information content (AvgIpc) is 3.34. The first-order valence-corrected chi connectivity index (χ1v) is 13.3. The van der Waals surface area contributed by atoms with Gasteiger partial charge < -0.3 is 15.4 Å². The van der Waals surface area contributed by atoms with Gasteiger partial charge in [0.15, 0.2) is 16.7 Å². The SMILES string of the molecule is N#Cc1ccc(Sc2cnc(Nc3nc(CC4CCNCC4)cs3)c(Oc3ccccc3)c2)cc1. The molecule has 5 rings (SSSR count). The van der Waals surface area contributed by atoms with Gasteiger partial charge in [-0.3, -0.25) is 0 Å². The highest BCUT2D eigenvalue weighted by Gasteiger charge is 2.16. The predicted octanol–water partition coefficient (Wildman–Crippen LogP) is 6.64. The van der Waals surface area contributed by atoms with Crippen molar-refractivity contribution < 1.29 is 4.74 Å². The number of thiazole rings is 1. The molecule has 2 N–H and O–H groups in total. The lowest BCUT2D eigenvalue weighted by atomic mass is 9.94. The minimum absolute atomic E-state index is 0.626. The van der Waals surface area contributed by atoms with E-state index in [-0.39, 0.29) is 0 Å². The Bertz CT molecular complexity index is 1300. The fourth-order valence-corrected chi connectivity index (χ4v) is 5.48. The van der Waals surface area contributed by atoms with E-state index >= 15 is 0 Å². The van der Waals surface area contributed by atoms with Gasteiger partial charge in [0.25, 0.3) is 0 Å². The molecule has 0 amide bonds. The highest BCUT2D eigenvalue weighted by Crippen LogP contribution is 2.36. The number of nitriles is 1. The zero-order valence-corrected chi connectivity index (χ0v) is 20.7. The second kappa shape index (κ2) is 11.4. The van der Waals surface area contributed by atoms with E-state index in [0.29, 0.717) is 23.0 Å². The molecule has 3 heterocycles. The molecular formula is C27H25N5OS2. The molecule has 0 saturated carbocycles. The summed E-state index contributed by atoms with van der Waals surface area (Å²) in [6.07, 6.45) is 5.25. The van der Waals surface area contributed by atoms with Gasteiger partial charge in [0, 0.05) is 27.4 Å². The molecule has 8 heteroatoms. The van der Waals surface area contributed by atoms with Crippen molar-refractivity contribution in [1.82, 2.24) is 15.3 Å². The molecule has 1 aliphatic rings. The Morgan fingerprint density at radius 2 is 1.89 bits per heavy atom. The maximum absolute atomic E-state index is 9.03. The van der Waals surface area contributed by atoms with Crippen LogP contribution in [0.15, 0.2) is 82.0 Å². The third-order valence-corrected chi connectivity index (χ3v) is 7.52. The van der Waals surface area contributed by atoms with Crippen molar-refractivity contribution in [2.45, 2.75) is 29.1 Å². The maximum Gasteiger partial charge on any atom is 0.188 e. The number of hydrogen-bond donors (Lipinski definition) is 2. The van der Waals surface area contributed by atoms with E-state index in [9.17, 15) is 0 Å². The van der Waals surface area contributed by atoms with Crippen LogP contribution in [0.5, 0.6) is 11.5 Å². The van der Waals surface area contributed by atoms with Gasteiger partial charge in [0.05, 0.1) is 17.3 Å². The Labute approximate surface area is 213 Å². The van der Waals surface area contributed by atoms with Gasteiger partial charge in [0.1, 0.15) is 5.75 Å². The van der Waals surface area contributed by atoms with Gasteiger partial charge in [-0.25, -0.2) is 9.97 Å². The first kappa shape index (κ1) is 23.4. The van der Waals surface area contributed by atoms with Crippen LogP contribution >= 0.6 is 23.1 Å². The van der Waals surface area contributed by atoms with Gasteiger partial charge in [-0.05, 0) is 74.7 Å². The fourth-order valence-electron chi connectivity index (χ4n) is 3.94. The molecule has 1 fully saturated rings. The standard InChI is InChI=1S/C27H25N5OS2/c28-16-20-6-8-23(9-7-20)35-24-15-25(33-22-4-2-1-3-5-22)26(30-17-24)32-27-31-21(18-34-27)14-19-10-12-29-13-11-19/h1-9,15,17-19,29H,10-14H2,(H,30,31,32). The van der Waals surface area contributed by atoms with Crippen molar-refractivity contribution in [3.8, 4) is 17.6 Å². The number of nitrogens with one attached hydrogen (secondary N) is 2. The molecule has 6 nitrogen and oxygen atoms in total. The molecule has 0 unspecified atom stereocenters. The number of benzene rings is 2. The predicted molar refractivity (Wildman–Crippen MR) is 141 cm³/mol. The summed E-state index contributed by atoms with van der Waals surface area (Å²) < 4.78 is 6.21. The number of ether oxygens (including phenoxy) is 1. The number of pyridine rings is 1. The summed E-state index contributed by atoms with van der Waals surface area (Å²) >= 11 is 3.17. The molecule has 2 aromatic heterocycles. The van der Waals surface area contributed by atoms with Gasteiger partial charge in [-0.1, -0.05) is 30.0 Å². The molecule has 35 heavy (non-hydrogen) atoms. The van der Waals surface area contributed by atoms with Crippen molar-refractivity contribution in [2.24, 2.45) is 5.92 Å². The van der Waals surface area contributed by atoms with Crippen molar-refractivity contribution in [1.29, 1.82) is 5.26 Å². The van der Waals surface area contributed by atoms with E-state index in [4.69, 9.17) is 15.0 Å². The quantitative estimate of drug-likeness (QED) is 0.281. The van der Waals surface area contributed by atoms with Crippen LogP contribution < -0.4 is 15.4 Å². The zero-order chi connectivity index (χ0) is 23.9. The molecule has 4 aromatic rings. The molecule has 0 spiro atoms. The number of piperidine rings is 1. The Kier molecular flexibility index (Phi) is 7.59. The van der Waals surface area contributed by atoms with E-state index in [1.807, 2.05) is 66.9 Å². The van der Waals surface area contributed by atoms with Crippen LogP contribution in [-0.2, 0) is 6.42 Å². The summed E-state index contributed by atoms with van der Waals surface area (Å²) in [7, 11) is 0. The molecule has 2 aromatic carbocycles. The monoisotopic (exact) mass is 499 g/mol. The van der Waals surface area contributed by atoms with Gasteiger partial charge in [0.2, 0.25) is 0 Å². The Morgan fingerprint density at radius 1 is 1.09 bits per heavy atom. The first-order valence-electron chi connectivity index (χ1n) is 11.6. The number of rotatable bonds is 8. The number of nitrogens with zero attached hydrogens (tertiary/aromatic N) is 3. The summed E-state index contributed by atoms with van der Waals surface area (Å²) in [6, 6.07) is 21.3. The Hall–Kier alpha value is -3.38. The second-order valence-corrected chi connectivity index (χ2v) is 10.3. The highest BCUT2D eigenvalue weighted by molar-refractivity contribution is 7.99. The second-order valence-electron chi connectivity index (χ2n) is 8.34. The largest absolute Gasteiger partial charge is 0.453 e. The Balaban J connectivity index is 1.35. The van der Waals surface area contributed by atoms with E-state index in [2.05, 4.69) is 27.1 Å². The lowest BCUT2D eigenvalue weighted by Gasteiger charge is -2.21. The molecule has 1 aliphatic heterocycles. The van der Waals surface area contributed by atoms with Crippen LogP contribution in [-0.4, -0.2) is 23.1 Å². The third-order valence-electron chi connectivity index (χ3n) is 5.75. The van der Waals surface area contributed by atoms with Gasteiger partial charge >= 0.3 is 0 Å². The topological polar surface area (TPSA) is 82.9 Å². The molecule has 1 saturated heterocycles. The number of anilines is 2. The van der Waals surface area contributed by atoms with E-state index < -0.39 is 0 Å². The van der Waals surface area contributed by atoms with Crippen LogP contribution in [0.25, 0.3) is 0 Å². The van der Waals surface area contributed by atoms with Crippen LogP contribution in [0, 0.1) is 17.2 Å². The first-order chi connectivity index (χ1) is 17.2. The molecule has 0 bridgehead atoms. The highest BCUT2D eigenvalue weighted by atomic mass is 32.2. The molecular weight excluding hydrogens is 474 g/mol. The van der Waals surface area contributed by atoms with E-state index in [0.717, 1.165) is 45.9 Å². The van der Waals surface area contributed by atoms with E-state index in [1.165, 1.54) is 12.8 Å². The van der Waals surface area contributed by atoms with Crippen molar-refractivity contribution in [2.75, 3.05) is 18.4 Å². The molecule has 176 valence electrons. The molecule has 0 aliphatic carbocycles. The van der Waals surface area contributed by atoms with Crippen LogP contribution in [0.1, 0.15) is 24.1 Å². The normalized spacial score (nSPS) is 13.8. The van der Waals surface area contributed by atoms with Crippen molar-refractivity contribution in [3.63, 3.8) is 0 Å². The maximum atomic E-state index is 9.03. The van der Waals surface area contributed by atoms with Gasteiger partial charge in [-0.2, -0.15) is 5.26 Å². The molecule has 0 radical (unpaired) electrons.